The number of para-hydroxylation sites is 2. The van der Waals surface area contributed by atoms with Gasteiger partial charge in [0.2, 0.25) is 0 Å². The number of amides is 1. The molecule has 0 saturated carbocycles. The number of likely N-dealkylation sites (N-methyl/N-ethyl adjacent to an activating group) is 1. The topological polar surface area (TPSA) is 48.2 Å². The Hall–Kier alpha value is -2.24. The number of rotatable bonds is 5. The minimum absolute atomic E-state index is 0.144. The normalized spacial score (nSPS) is 15.1. The second-order valence-corrected chi connectivity index (χ2v) is 7.22. The number of aromatic hydroxyl groups is 1. The van der Waals surface area contributed by atoms with Crippen molar-refractivity contribution >= 4 is 23.2 Å². The van der Waals surface area contributed by atoms with Gasteiger partial charge in [0, 0.05) is 18.6 Å². The zero-order valence-electron chi connectivity index (χ0n) is 15.0. The fourth-order valence-electron chi connectivity index (χ4n) is 3.27. The van der Waals surface area contributed by atoms with Crippen LogP contribution in [-0.4, -0.2) is 55.7 Å². The van der Waals surface area contributed by atoms with Crippen LogP contribution < -0.4 is 9.80 Å². The highest BCUT2D eigenvalue weighted by atomic mass is 35.5. The van der Waals surface area contributed by atoms with E-state index in [1.54, 1.807) is 11.0 Å². The molecule has 0 radical (unpaired) electrons. The Kier molecular flexibility index (Phi) is 6.01. The zero-order valence-corrected chi connectivity index (χ0v) is 15.7. The molecule has 2 aromatic rings. The average Bonchev–Trinajstić information content (AvgIpc) is 2.65. The van der Waals surface area contributed by atoms with E-state index in [-0.39, 0.29) is 5.91 Å². The van der Waals surface area contributed by atoms with E-state index in [2.05, 4.69) is 4.90 Å². The Morgan fingerprint density at radius 3 is 2.46 bits per heavy atom. The number of hydrogen-bond donors (Lipinski definition) is 2. The minimum Gasteiger partial charge on any atom is -0.506 e. The van der Waals surface area contributed by atoms with Crippen molar-refractivity contribution in [3.63, 3.8) is 0 Å². The molecule has 0 atom stereocenters. The van der Waals surface area contributed by atoms with Gasteiger partial charge in [-0.05, 0) is 29.8 Å². The summed E-state index contributed by atoms with van der Waals surface area (Å²) in [6.07, 6.45) is 0. The molecular weight excluding hydrogens is 350 g/mol. The van der Waals surface area contributed by atoms with E-state index in [9.17, 15) is 9.90 Å². The quantitative estimate of drug-likeness (QED) is 0.832. The van der Waals surface area contributed by atoms with Crippen molar-refractivity contribution in [3.8, 4) is 5.75 Å². The van der Waals surface area contributed by atoms with Crippen molar-refractivity contribution in [1.29, 1.82) is 0 Å². The number of benzene rings is 2. The second kappa shape index (κ2) is 8.43. The van der Waals surface area contributed by atoms with Crippen molar-refractivity contribution < 1.29 is 14.8 Å². The van der Waals surface area contributed by atoms with Crippen LogP contribution in [0.1, 0.15) is 5.56 Å². The van der Waals surface area contributed by atoms with Crippen molar-refractivity contribution in [2.24, 2.45) is 0 Å². The van der Waals surface area contributed by atoms with Crippen LogP contribution in [-0.2, 0) is 11.3 Å². The van der Waals surface area contributed by atoms with E-state index < -0.39 is 0 Å². The van der Waals surface area contributed by atoms with Crippen LogP contribution in [0.4, 0.5) is 5.69 Å². The maximum atomic E-state index is 12.5. The first-order chi connectivity index (χ1) is 12.5. The first-order valence-electron chi connectivity index (χ1n) is 8.88. The summed E-state index contributed by atoms with van der Waals surface area (Å²) in [6.45, 7) is 4.53. The molecule has 2 N–H and O–H groups in total. The number of hydrogen-bond acceptors (Lipinski definition) is 3. The standard InChI is InChI=1S/C20H24ClN3O2/c1-22(14-16-6-8-17(21)9-7-16)20(26)15-23-10-12-24(13-11-23)18-4-2-3-5-19(18)25/h2-9,25H,10-15H2,1H3/p+1. The summed E-state index contributed by atoms with van der Waals surface area (Å²) in [5.41, 5.74) is 1.95. The Labute approximate surface area is 159 Å². The number of carbonyl (C=O) groups excluding carboxylic acids is 1. The number of halogens is 1. The Morgan fingerprint density at radius 1 is 1.15 bits per heavy atom. The zero-order chi connectivity index (χ0) is 18.5. The van der Waals surface area contributed by atoms with Crippen LogP contribution in [0.2, 0.25) is 5.02 Å². The monoisotopic (exact) mass is 374 g/mol. The Morgan fingerprint density at radius 2 is 1.81 bits per heavy atom. The molecule has 138 valence electrons. The van der Waals surface area contributed by atoms with Gasteiger partial charge in [0.05, 0.1) is 31.9 Å². The summed E-state index contributed by atoms with van der Waals surface area (Å²) in [6, 6.07) is 15.0. The number of nitrogens with one attached hydrogen (secondary N) is 1. The minimum atomic E-state index is 0.144. The van der Waals surface area contributed by atoms with Gasteiger partial charge < -0.3 is 19.8 Å². The number of phenolic OH excluding ortho intramolecular Hbond substituents is 1. The van der Waals surface area contributed by atoms with E-state index >= 15 is 0 Å². The average molecular weight is 375 g/mol. The first-order valence-corrected chi connectivity index (χ1v) is 9.25. The molecular formula is C20H25ClN3O2+. The molecule has 1 amide bonds. The second-order valence-electron chi connectivity index (χ2n) is 6.78. The van der Waals surface area contributed by atoms with Gasteiger partial charge in [0.1, 0.15) is 5.75 Å². The largest absolute Gasteiger partial charge is 0.506 e. The number of nitrogens with zero attached hydrogens (tertiary/aromatic N) is 2. The molecule has 0 aromatic heterocycles. The maximum absolute atomic E-state index is 12.5. The highest BCUT2D eigenvalue weighted by molar-refractivity contribution is 6.30. The smallest absolute Gasteiger partial charge is 0.277 e. The summed E-state index contributed by atoms with van der Waals surface area (Å²) in [4.78, 5) is 17.7. The van der Waals surface area contributed by atoms with Crippen molar-refractivity contribution in [2.45, 2.75) is 6.54 Å². The van der Waals surface area contributed by atoms with Crippen LogP contribution in [0, 0.1) is 0 Å². The molecule has 1 aliphatic rings. The Balaban J connectivity index is 1.48. The lowest BCUT2D eigenvalue weighted by Gasteiger charge is -2.34. The van der Waals surface area contributed by atoms with Crippen LogP contribution in [0.3, 0.4) is 0 Å². The van der Waals surface area contributed by atoms with Gasteiger partial charge in [-0.3, -0.25) is 4.79 Å². The molecule has 0 spiro atoms. The third-order valence-corrected chi connectivity index (χ3v) is 5.10. The van der Waals surface area contributed by atoms with Gasteiger partial charge in [0.25, 0.3) is 5.91 Å². The summed E-state index contributed by atoms with van der Waals surface area (Å²) in [7, 11) is 1.84. The predicted octanol–water partition coefficient (Wildman–Crippen LogP) is 1.41. The van der Waals surface area contributed by atoms with Gasteiger partial charge in [-0.25, -0.2) is 0 Å². The Bertz CT molecular complexity index is 743. The molecule has 1 heterocycles. The van der Waals surface area contributed by atoms with Gasteiger partial charge >= 0.3 is 0 Å². The molecule has 5 nitrogen and oxygen atoms in total. The lowest BCUT2D eigenvalue weighted by Crippen LogP contribution is -3.15. The maximum Gasteiger partial charge on any atom is 0.277 e. The summed E-state index contributed by atoms with van der Waals surface area (Å²) in [5.74, 6) is 0.459. The number of quaternary nitrogens is 1. The van der Waals surface area contributed by atoms with Crippen LogP contribution in [0.25, 0.3) is 0 Å². The summed E-state index contributed by atoms with van der Waals surface area (Å²) < 4.78 is 0. The van der Waals surface area contributed by atoms with Crippen molar-refractivity contribution in [1.82, 2.24) is 4.90 Å². The van der Waals surface area contributed by atoms with Crippen LogP contribution in [0.5, 0.6) is 5.75 Å². The highest BCUT2D eigenvalue weighted by Gasteiger charge is 2.24. The van der Waals surface area contributed by atoms with E-state index in [4.69, 9.17) is 11.6 Å². The highest BCUT2D eigenvalue weighted by Crippen LogP contribution is 2.25. The molecule has 1 saturated heterocycles. The third-order valence-electron chi connectivity index (χ3n) is 4.85. The van der Waals surface area contributed by atoms with Gasteiger partial charge in [-0.2, -0.15) is 0 Å². The number of anilines is 1. The molecule has 26 heavy (non-hydrogen) atoms. The molecule has 6 heteroatoms. The van der Waals surface area contributed by atoms with Crippen LogP contribution >= 0.6 is 11.6 Å². The first kappa shape index (κ1) is 18.5. The predicted molar refractivity (Wildman–Crippen MR) is 104 cm³/mol. The van der Waals surface area contributed by atoms with Gasteiger partial charge in [-0.1, -0.05) is 35.9 Å². The molecule has 2 aromatic carbocycles. The fraction of sp³-hybridized carbons (Fsp3) is 0.350. The molecule has 0 unspecified atom stereocenters. The molecule has 0 aliphatic carbocycles. The van der Waals surface area contributed by atoms with E-state index in [1.807, 2.05) is 49.5 Å². The van der Waals surface area contributed by atoms with E-state index in [0.29, 0.717) is 23.9 Å². The summed E-state index contributed by atoms with van der Waals surface area (Å²) >= 11 is 5.90. The molecule has 3 rings (SSSR count). The number of phenols is 1. The van der Waals surface area contributed by atoms with Crippen LogP contribution in [0.15, 0.2) is 48.5 Å². The van der Waals surface area contributed by atoms with Crippen molar-refractivity contribution in [2.75, 3.05) is 44.7 Å². The van der Waals surface area contributed by atoms with Gasteiger partial charge in [0.15, 0.2) is 6.54 Å². The number of carbonyl (C=O) groups is 1. The molecule has 0 bridgehead atoms. The lowest BCUT2D eigenvalue weighted by atomic mass is 10.2. The number of piperazine rings is 1. The SMILES string of the molecule is CN(Cc1ccc(Cl)cc1)C(=O)C[NH+]1CCN(c2ccccc2O)CC1. The molecule has 1 aliphatic heterocycles. The van der Waals surface area contributed by atoms with E-state index in [0.717, 1.165) is 37.4 Å². The fourth-order valence-corrected chi connectivity index (χ4v) is 3.40. The summed E-state index contributed by atoms with van der Waals surface area (Å²) in [5, 5.41) is 10.7. The van der Waals surface area contributed by atoms with E-state index in [1.165, 1.54) is 4.90 Å². The van der Waals surface area contributed by atoms with Crippen molar-refractivity contribution in [3.05, 3.63) is 59.1 Å². The third kappa shape index (κ3) is 4.68. The molecule has 1 fully saturated rings. The van der Waals surface area contributed by atoms with Gasteiger partial charge in [-0.15, -0.1) is 0 Å². The lowest BCUT2D eigenvalue weighted by molar-refractivity contribution is -0.892.